The standard InChI is InChI=1S/C9H13NO4S2/c1-3-16(13,14)8-6-4-5-7(9(8)10)15(2,11)12/h4-6H,3,10H2,1-2H3. The molecular weight excluding hydrogens is 250 g/mol. The van der Waals surface area contributed by atoms with Crippen LogP contribution in [-0.2, 0) is 19.7 Å². The van der Waals surface area contributed by atoms with Crippen LogP contribution < -0.4 is 5.73 Å². The van der Waals surface area contributed by atoms with Crippen molar-refractivity contribution in [3.8, 4) is 0 Å². The van der Waals surface area contributed by atoms with E-state index in [0.29, 0.717) is 0 Å². The number of sulfone groups is 2. The molecule has 1 rings (SSSR count). The van der Waals surface area contributed by atoms with E-state index >= 15 is 0 Å². The molecule has 0 aliphatic heterocycles. The molecule has 0 atom stereocenters. The Labute approximate surface area is 95.1 Å². The topological polar surface area (TPSA) is 94.3 Å². The van der Waals surface area contributed by atoms with Crippen LogP contribution in [-0.4, -0.2) is 28.8 Å². The summed E-state index contributed by atoms with van der Waals surface area (Å²) in [6, 6.07) is 3.97. The molecule has 2 N–H and O–H groups in total. The number of nitrogen functional groups attached to an aromatic ring is 1. The summed E-state index contributed by atoms with van der Waals surface area (Å²) in [6.07, 6.45) is 0.987. The lowest BCUT2D eigenvalue weighted by Crippen LogP contribution is -2.11. The third-order valence-corrected chi connectivity index (χ3v) is 5.08. The number of benzene rings is 1. The van der Waals surface area contributed by atoms with Gasteiger partial charge in [0.15, 0.2) is 19.7 Å². The Balaban J connectivity index is 3.61. The second-order valence-corrected chi connectivity index (χ2v) is 7.57. The van der Waals surface area contributed by atoms with Gasteiger partial charge in [0, 0.05) is 6.26 Å². The summed E-state index contributed by atoms with van der Waals surface area (Å²) in [5.41, 5.74) is 5.37. The van der Waals surface area contributed by atoms with E-state index < -0.39 is 19.7 Å². The van der Waals surface area contributed by atoms with Crippen molar-refractivity contribution in [3.63, 3.8) is 0 Å². The Kier molecular flexibility index (Phi) is 3.30. The zero-order chi connectivity index (χ0) is 12.6. The molecule has 7 heteroatoms. The maximum Gasteiger partial charge on any atom is 0.180 e. The highest BCUT2D eigenvalue weighted by Crippen LogP contribution is 2.26. The lowest BCUT2D eigenvalue weighted by molar-refractivity contribution is 0.597. The predicted octanol–water partition coefficient (Wildman–Crippen LogP) is 0.466. The molecule has 16 heavy (non-hydrogen) atoms. The molecule has 0 aliphatic rings. The zero-order valence-electron chi connectivity index (χ0n) is 8.97. The van der Waals surface area contributed by atoms with Crippen LogP contribution in [0.4, 0.5) is 5.69 Å². The summed E-state index contributed by atoms with van der Waals surface area (Å²) in [6.45, 7) is 1.47. The van der Waals surface area contributed by atoms with Crippen molar-refractivity contribution in [2.45, 2.75) is 16.7 Å². The van der Waals surface area contributed by atoms with Gasteiger partial charge in [0.1, 0.15) is 0 Å². The lowest BCUT2D eigenvalue weighted by atomic mass is 10.3. The fourth-order valence-corrected chi connectivity index (χ4v) is 3.22. The van der Waals surface area contributed by atoms with Gasteiger partial charge in [-0.1, -0.05) is 13.0 Å². The van der Waals surface area contributed by atoms with E-state index in [2.05, 4.69) is 0 Å². The molecule has 0 amide bonds. The summed E-state index contributed by atoms with van der Waals surface area (Å²) in [7, 11) is -7.02. The van der Waals surface area contributed by atoms with E-state index in [4.69, 9.17) is 5.73 Å². The maximum absolute atomic E-state index is 11.6. The Morgan fingerprint density at radius 3 is 2.06 bits per heavy atom. The van der Waals surface area contributed by atoms with Gasteiger partial charge in [0.25, 0.3) is 0 Å². The Hall–Kier alpha value is -1.08. The van der Waals surface area contributed by atoms with Crippen LogP contribution in [0.1, 0.15) is 6.92 Å². The second kappa shape index (κ2) is 4.06. The summed E-state index contributed by atoms with van der Waals surface area (Å²) >= 11 is 0. The molecule has 0 saturated heterocycles. The third-order valence-electron chi connectivity index (χ3n) is 2.14. The third kappa shape index (κ3) is 2.35. The zero-order valence-corrected chi connectivity index (χ0v) is 10.6. The van der Waals surface area contributed by atoms with Gasteiger partial charge in [-0.2, -0.15) is 0 Å². The van der Waals surface area contributed by atoms with Gasteiger partial charge < -0.3 is 5.73 Å². The van der Waals surface area contributed by atoms with Crippen molar-refractivity contribution in [3.05, 3.63) is 18.2 Å². The Morgan fingerprint density at radius 2 is 1.62 bits per heavy atom. The highest BCUT2D eigenvalue weighted by Gasteiger charge is 2.21. The van der Waals surface area contributed by atoms with E-state index in [-0.39, 0.29) is 21.2 Å². The van der Waals surface area contributed by atoms with Gasteiger partial charge in [-0.15, -0.1) is 0 Å². The minimum Gasteiger partial charge on any atom is -0.397 e. The molecule has 0 saturated carbocycles. The van der Waals surface area contributed by atoms with E-state index in [1.54, 1.807) is 0 Å². The van der Waals surface area contributed by atoms with Crippen LogP contribution >= 0.6 is 0 Å². The molecule has 0 aliphatic carbocycles. The van der Waals surface area contributed by atoms with Gasteiger partial charge in [-0.25, -0.2) is 16.8 Å². The van der Waals surface area contributed by atoms with Gasteiger partial charge in [0.05, 0.1) is 21.2 Å². The average molecular weight is 263 g/mol. The normalized spacial score (nSPS) is 12.6. The first-order valence-corrected chi connectivity index (χ1v) is 8.06. The van der Waals surface area contributed by atoms with Crippen LogP contribution in [0.3, 0.4) is 0 Å². The molecule has 1 aromatic rings. The Bertz CT molecular complexity index is 602. The second-order valence-electron chi connectivity index (χ2n) is 3.34. The molecule has 0 fully saturated rings. The van der Waals surface area contributed by atoms with E-state index in [1.165, 1.54) is 25.1 Å². The quantitative estimate of drug-likeness (QED) is 0.800. The number of hydrogen-bond donors (Lipinski definition) is 1. The van der Waals surface area contributed by atoms with Crippen LogP contribution in [0.15, 0.2) is 28.0 Å². The minimum atomic E-state index is -3.51. The van der Waals surface area contributed by atoms with Crippen molar-refractivity contribution in [1.29, 1.82) is 0 Å². The molecule has 90 valence electrons. The molecule has 0 bridgehead atoms. The molecule has 0 radical (unpaired) electrons. The van der Waals surface area contributed by atoms with Crippen molar-refractivity contribution >= 4 is 25.4 Å². The minimum absolute atomic E-state index is 0.121. The van der Waals surface area contributed by atoms with Gasteiger partial charge in [-0.3, -0.25) is 0 Å². The summed E-state index contributed by atoms with van der Waals surface area (Å²) in [4.78, 5) is -0.278. The molecule has 0 spiro atoms. The van der Waals surface area contributed by atoms with Gasteiger partial charge in [0.2, 0.25) is 0 Å². The van der Waals surface area contributed by atoms with Crippen molar-refractivity contribution in [2.24, 2.45) is 0 Å². The molecule has 5 nitrogen and oxygen atoms in total. The molecule has 0 heterocycles. The van der Waals surface area contributed by atoms with Gasteiger partial charge in [-0.05, 0) is 12.1 Å². The average Bonchev–Trinajstić information content (AvgIpc) is 2.16. The van der Waals surface area contributed by atoms with Crippen molar-refractivity contribution < 1.29 is 16.8 Å². The number of para-hydroxylation sites is 1. The van der Waals surface area contributed by atoms with Crippen molar-refractivity contribution in [1.82, 2.24) is 0 Å². The lowest BCUT2D eigenvalue weighted by Gasteiger charge is -2.09. The van der Waals surface area contributed by atoms with E-state index in [1.807, 2.05) is 0 Å². The fourth-order valence-electron chi connectivity index (χ4n) is 1.27. The first-order valence-electron chi connectivity index (χ1n) is 4.51. The summed E-state index contributed by atoms with van der Waals surface area (Å²) < 4.78 is 45.9. The number of rotatable bonds is 3. The largest absolute Gasteiger partial charge is 0.397 e. The molecule has 1 aromatic carbocycles. The van der Waals surface area contributed by atoms with E-state index in [9.17, 15) is 16.8 Å². The summed E-state index contributed by atoms with van der Waals surface area (Å²) in [5, 5.41) is 0. The van der Waals surface area contributed by atoms with Crippen molar-refractivity contribution in [2.75, 3.05) is 17.7 Å². The number of hydrogen-bond acceptors (Lipinski definition) is 5. The highest BCUT2D eigenvalue weighted by molar-refractivity contribution is 7.92. The highest BCUT2D eigenvalue weighted by atomic mass is 32.2. The first-order chi connectivity index (χ1) is 7.20. The molecule has 0 aromatic heterocycles. The SMILES string of the molecule is CCS(=O)(=O)c1cccc(S(C)(=O)=O)c1N. The van der Waals surface area contributed by atoms with E-state index in [0.717, 1.165) is 6.26 Å². The molecular formula is C9H13NO4S2. The monoisotopic (exact) mass is 263 g/mol. The smallest absolute Gasteiger partial charge is 0.180 e. The Morgan fingerprint density at radius 1 is 1.12 bits per heavy atom. The summed E-state index contributed by atoms with van der Waals surface area (Å²) in [5.74, 6) is -0.121. The maximum atomic E-state index is 11.6. The van der Waals surface area contributed by atoms with Crippen LogP contribution in [0.2, 0.25) is 0 Å². The van der Waals surface area contributed by atoms with Crippen LogP contribution in [0.5, 0.6) is 0 Å². The van der Waals surface area contributed by atoms with Crippen LogP contribution in [0.25, 0.3) is 0 Å². The van der Waals surface area contributed by atoms with Crippen LogP contribution in [0, 0.1) is 0 Å². The number of anilines is 1. The fraction of sp³-hybridized carbons (Fsp3) is 0.333. The number of nitrogens with two attached hydrogens (primary N) is 1. The molecule has 0 unspecified atom stereocenters. The van der Waals surface area contributed by atoms with Gasteiger partial charge >= 0.3 is 0 Å². The first kappa shape index (κ1) is 13.0. The predicted molar refractivity (Wildman–Crippen MR) is 61.7 cm³/mol.